The summed E-state index contributed by atoms with van der Waals surface area (Å²) in [5.74, 6) is -1.07. The second kappa shape index (κ2) is 8.16. The van der Waals surface area contributed by atoms with E-state index in [0.717, 1.165) is 25.0 Å². The van der Waals surface area contributed by atoms with Crippen molar-refractivity contribution >= 4 is 17.5 Å². The summed E-state index contributed by atoms with van der Waals surface area (Å²) in [5, 5.41) is 2.88. The van der Waals surface area contributed by atoms with E-state index in [9.17, 15) is 22.8 Å². The van der Waals surface area contributed by atoms with Gasteiger partial charge < -0.3 is 19.7 Å². The van der Waals surface area contributed by atoms with Gasteiger partial charge in [0.05, 0.1) is 5.92 Å². The molecule has 1 aromatic carbocycles. The minimum atomic E-state index is -4.81. The molecule has 0 radical (unpaired) electrons. The van der Waals surface area contributed by atoms with Crippen LogP contribution < -0.4 is 15.0 Å². The molecule has 2 saturated heterocycles. The highest BCUT2D eigenvalue weighted by molar-refractivity contribution is 6.00. The molecular formula is C18H21F3N2O4. The largest absolute Gasteiger partial charge is 0.573 e. The molecule has 1 atom stereocenters. The van der Waals surface area contributed by atoms with Crippen molar-refractivity contribution in [1.29, 1.82) is 0 Å². The summed E-state index contributed by atoms with van der Waals surface area (Å²) in [7, 11) is 0. The average molecular weight is 386 g/mol. The molecule has 148 valence electrons. The van der Waals surface area contributed by atoms with Crippen LogP contribution in [0.3, 0.4) is 0 Å². The number of nitrogens with zero attached hydrogens (tertiary/aromatic N) is 1. The fourth-order valence-electron chi connectivity index (χ4n) is 3.32. The fourth-order valence-corrected chi connectivity index (χ4v) is 3.32. The molecule has 2 aliphatic rings. The number of anilines is 1. The number of carbonyl (C=O) groups is 2. The van der Waals surface area contributed by atoms with Crippen molar-refractivity contribution in [2.24, 2.45) is 11.8 Å². The number of nitrogens with one attached hydrogen (secondary N) is 1. The topological polar surface area (TPSA) is 67.9 Å². The van der Waals surface area contributed by atoms with Crippen LogP contribution in [0, 0.1) is 11.8 Å². The number of ether oxygens (including phenoxy) is 2. The van der Waals surface area contributed by atoms with Crippen LogP contribution in [0.15, 0.2) is 24.3 Å². The lowest BCUT2D eigenvalue weighted by atomic mass is 10.00. The molecule has 0 bridgehead atoms. The number of carbonyl (C=O) groups excluding carboxylic acids is 2. The summed E-state index contributed by atoms with van der Waals surface area (Å²) in [6, 6.07) is 5.20. The number of hydrogen-bond acceptors (Lipinski definition) is 4. The van der Waals surface area contributed by atoms with Crippen molar-refractivity contribution in [3.8, 4) is 5.75 Å². The first-order valence-electron chi connectivity index (χ1n) is 8.83. The first kappa shape index (κ1) is 19.5. The minimum absolute atomic E-state index is 0.0317. The van der Waals surface area contributed by atoms with Crippen molar-refractivity contribution in [2.75, 3.05) is 31.2 Å². The molecule has 2 heterocycles. The Kier molecular flexibility index (Phi) is 5.88. The Morgan fingerprint density at radius 1 is 1.30 bits per heavy atom. The molecule has 1 aromatic rings. The lowest BCUT2D eigenvalue weighted by Gasteiger charge is -2.23. The first-order valence-corrected chi connectivity index (χ1v) is 8.83. The van der Waals surface area contributed by atoms with Crippen LogP contribution in [-0.4, -0.2) is 44.5 Å². The number of alkyl halides is 3. The molecule has 3 rings (SSSR count). The third-order valence-electron chi connectivity index (χ3n) is 4.76. The van der Waals surface area contributed by atoms with E-state index in [1.165, 1.54) is 17.0 Å². The molecule has 9 heteroatoms. The van der Waals surface area contributed by atoms with Crippen molar-refractivity contribution in [3.05, 3.63) is 24.3 Å². The SMILES string of the molecule is O=C(NCC1CCOCC1)C1CC(=O)N(c2cccc(OC(F)(F)F)c2)C1. The Morgan fingerprint density at radius 2 is 2.04 bits per heavy atom. The quantitative estimate of drug-likeness (QED) is 0.844. The Hall–Kier alpha value is -2.29. The fraction of sp³-hybridized carbons (Fsp3) is 0.556. The molecule has 2 fully saturated rings. The number of halogens is 3. The van der Waals surface area contributed by atoms with E-state index in [1.54, 1.807) is 0 Å². The van der Waals surface area contributed by atoms with Crippen molar-refractivity contribution in [3.63, 3.8) is 0 Å². The highest BCUT2D eigenvalue weighted by Gasteiger charge is 2.36. The zero-order valence-corrected chi connectivity index (χ0v) is 14.6. The first-order chi connectivity index (χ1) is 12.8. The Morgan fingerprint density at radius 3 is 2.74 bits per heavy atom. The van der Waals surface area contributed by atoms with Crippen molar-refractivity contribution < 1.29 is 32.2 Å². The van der Waals surface area contributed by atoms with Crippen LogP contribution in [0.25, 0.3) is 0 Å². The van der Waals surface area contributed by atoms with Crippen molar-refractivity contribution in [2.45, 2.75) is 25.6 Å². The van der Waals surface area contributed by atoms with Crippen LogP contribution in [0.1, 0.15) is 19.3 Å². The number of hydrogen-bond donors (Lipinski definition) is 1. The molecule has 2 aliphatic heterocycles. The standard InChI is InChI=1S/C18H21F3N2O4/c19-18(20,21)27-15-3-1-2-14(9-15)23-11-13(8-16(23)24)17(25)22-10-12-4-6-26-7-5-12/h1-3,9,12-13H,4-8,10-11H2,(H,22,25). The average Bonchev–Trinajstić information content (AvgIpc) is 3.01. The van der Waals surface area contributed by atoms with Gasteiger partial charge in [0.15, 0.2) is 0 Å². The second-order valence-corrected chi connectivity index (χ2v) is 6.75. The second-order valence-electron chi connectivity index (χ2n) is 6.75. The van der Waals surface area contributed by atoms with Gasteiger partial charge in [-0.15, -0.1) is 13.2 Å². The van der Waals surface area contributed by atoms with Gasteiger partial charge >= 0.3 is 6.36 Å². The number of amides is 2. The van der Waals surface area contributed by atoms with E-state index < -0.39 is 18.0 Å². The van der Waals surface area contributed by atoms with Gasteiger partial charge in [-0.3, -0.25) is 9.59 Å². The van der Waals surface area contributed by atoms with Crippen LogP contribution in [0.2, 0.25) is 0 Å². The molecule has 6 nitrogen and oxygen atoms in total. The molecule has 2 amide bonds. The number of benzene rings is 1. The van der Waals surface area contributed by atoms with Crippen LogP contribution in [0.4, 0.5) is 18.9 Å². The highest BCUT2D eigenvalue weighted by atomic mass is 19.4. The van der Waals surface area contributed by atoms with E-state index >= 15 is 0 Å². The third kappa shape index (κ3) is 5.35. The smallest absolute Gasteiger partial charge is 0.406 e. The number of rotatable bonds is 5. The monoisotopic (exact) mass is 386 g/mol. The van der Waals surface area contributed by atoms with Gasteiger partial charge in [0.2, 0.25) is 11.8 Å². The zero-order chi connectivity index (χ0) is 19.4. The molecule has 0 saturated carbocycles. The summed E-state index contributed by atoms with van der Waals surface area (Å²) in [6.07, 6.45) is -2.99. The van der Waals surface area contributed by atoms with Gasteiger partial charge in [-0.05, 0) is 30.9 Å². The van der Waals surface area contributed by atoms with Gasteiger partial charge in [-0.25, -0.2) is 0 Å². The maximum atomic E-state index is 12.4. The molecular weight excluding hydrogens is 365 g/mol. The van der Waals surface area contributed by atoms with E-state index in [4.69, 9.17) is 4.74 Å². The summed E-state index contributed by atoms with van der Waals surface area (Å²) in [5.41, 5.74) is 0.279. The highest BCUT2D eigenvalue weighted by Crippen LogP contribution is 2.30. The van der Waals surface area contributed by atoms with Crippen LogP contribution >= 0.6 is 0 Å². The normalized spacial score (nSPS) is 21.4. The van der Waals surface area contributed by atoms with Crippen LogP contribution in [0.5, 0.6) is 5.75 Å². The Bertz CT molecular complexity index is 689. The summed E-state index contributed by atoms with van der Waals surface area (Å²) >= 11 is 0. The predicted molar refractivity (Wildman–Crippen MR) is 90.1 cm³/mol. The third-order valence-corrected chi connectivity index (χ3v) is 4.76. The molecule has 0 aromatic heterocycles. The summed E-state index contributed by atoms with van der Waals surface area (Å²) in [4.78, 5) is 26.0. The lowest BCUT2D eigenvalue weighted by molar-refractivity contribution is -0.274. The Labute approximate surface area is 154 Å². The van der Waals surface area contributed by atoms with Gasteiger partial charge in [0, 0.05) is 44.5 Å². The molecule has 0 spiro atoms. The van der Waals surface area contributed by atoms with Gasteiger partial charge in [-0.1, -0.05) is 6.07 Å². The van der Waals surface area contributed by atoms with E-state index in [-0.39, 0.29) is 30.5 Å². The zero-order valence-electron chi connectivity index (χ0n) is 14.6. The summed E-state index contributed by atoms with van der Waals surface area (Å²) in [6.45, 7) is 2.05. The minimum Gasteiger partial charge on any atom is -0.406 e. The van der Waals surface area contributed by atoms with Crippen molar-refractivity contribution in [1.82, 2.24) is 5.32 Å². The maximum Gasteiger partial charge on any atom is 0.573 e. The molecule has 0 aliphatic carbocycles. The molecule has 1 N–H and O–H groups in total. The van der Waals surface area contributed by atoms with Gasteiger partial charge in [0.1, 0.15) is 5.75 Å². The molecule has 27 heavy (non-hydrogen) atoms. The van der Waals surface area contributed by atoms with E-state index in [2.05, 4.69) is 10.1 Å². The van der Waals surface area contributed by atoms with Gasteiger partial charge in [0.25, 0.3) is 0 Å². The van der Waals surface area contributed by atoms with Crippen LogP contribution in [-0.2, 0) is 14.3 Å². The summed E-state index contributed by atoms with van der Waals surface area (Å²) < 4.78 is 46.3. The lowest BCUT2D eigenvalue weighted by Crippen LogP contribution is -2.37. The Balaban J connectivity index is 1.58. The van der Waals surface area contributed by atoms with E-state index in [0.29, 0.717) is 25.7 Å². The van der Waals surface area contributed by atoms with E-state index in [1.807, 2.05) is 0 Å². The maximum absolute atomic E-state index is 12.4. The predicted octanol–water partition coefficient (Wildman–Crippen LogP) is 2.48. The molecule has 1 unspecified atom stereocenters. The van der Waals surface area contributed by atoms with Gasteiger partial charge in [-0.2, -0.15) is 0 Å².